The van der Waals surface area contributed by atoms with Crippen molar-refractivity contribution in [1.82, 2.24) is 4.98 Å². The zero-order valence-electron chi connectivity index (χ0n) is 9.04. The number of carbonyl (C=O) groups excluding carboxylic acids is 1. The van der Waals surface area contributed by atoms with Gasteiger partial charge in [0.2, 0.25) is 5.88 Å². The maximum absolute atomic E-state index is 10.8. The number of aldehydes is 1. The Labute approximate surface area is 98.5 Å². The Balaban J connectivity index is 2.34. The van der Waals surface area contributed by atoms with Crippen LogP contribution in [0.2, 0.25) is 0 Å². The minimum absolute atomic E-state index is 0.126. The van der Waals surface area contributed by atoms with Gasteiger partial charge in [0.15, 0.2) is 6.29 Å². The standard InChI is InChI=1S/C13H11NO3/c15-8-10-4-1-2-6-12(10)17-13-11(9-16)5-3-7-14-13/h1-7,9,15H,8H2. The van der Waals surface area contributed by atoms with E-state index in [1.165, 1.54) is 0 Å². The van der Waals surface area contributed by atoms with E-state index < -0.39 is 0 Å². The first kappa shape index (κ1) is 11.3. The van der Waals surface area contributed by atoms with Crippen molar-refractivity contribution < 1.29 is 14.6 Å². The fourth-order valence-corrected chi connectivity index (χ4v) is 1.42. The quantitative estimate of drug-likeness (QED) is 0.816. The predicted octanol–water partition coefficient (Wildman–Crippen LogP) is 2.18. The van der Waals surface area contributed by atoms with Gasteiger partial charge in [-0.15, -0.1) is 0 Å². The first-order valence-electron chi connectivity index (χ1n) is 5.12. The molecule has 0 aliphatic carbocycles. The van der Waals surface area contributed by atoms with Gasteiger partial charge in [-0.2, -0.15) is 0 Å². The Morgan fingerprint density at radius 3 is 2.82 bits per heavy atom. The number of benzene rings is 1. The molecular formula is C13H11NO3. The monoisotopic (exact) mass is 229 g/mol. The number of aliphatic hydroxyl groups is 1. The number of para-hydroxylation sites is 1. The molecule has 0 unspecified atom stereocenters. The maximum Gasteiger partial charge on any atom is 0.229 e. The predicted molar refractivity (Wildman–Crippen MR) is 62.1 cm³/mol. The molecule has 0 radical (unpaired) electrons. The van der Waals surface area contributed by atoms with Gasteiger partial charge >= 0.3 is 0 Å². The van der Waals surface area contributed by atoms with Crippen molar-refractivity contribution >= 4 is 6.29 Å². The fourth-order valence-electron chi connectivity index (χ4n) is 1.42. The lowest BCUT2D eigenvalue weighted by Gasteiger charge is -2.09. The second-order valence-corrected chi connectivity index (χ2v) is 3.38. The van der Waals surface area contributed by atoms with Crippen molar-refractivity contribution in [3.8, 4) is 11.6 Å². The number of nitrogens with zero attached hydrogens (tertiary/aromatic N) is 1. The molecular weight excluding hydrogens is 218 g/mol. The van der Waals surface area contributed by atoms with E-state index in [9.17, 15) is 4.79 Å². The molecule has 0 saturated carbocycles. The summed E-state index contributed by atoms with van der Waals surface area (Å²) in [4.78, 5) is 14.8. The molecule has 0 bridgehead atoms. The molecule has 17 heavy (non-hydrogen) atoms. The molecule has 2 aromatic rings. The first-order valence-corrected chi connectivity index (χ1v) is 5.12. The van der Waals surface area contributed by atoms with Crippen LogP contribution >= 0.6 is 0 Å². The van der Waals surface area contributed by atoms with Gasteiger partial charge in [0, 0.05) is 11.8 Å². The smallest absolute Gasteiger partial charge is 0.229 e. The van der Waals surface area contributed by atoms with Crippen molar-refractivity contribution in [2.45, 2.75) is 6.61 Å². The highest BCUT2D eigenvalue weighted by Crippen LogP contribution is 2.25. The van der Waals surface area contributed by atoms with Gasteiger partial charge in [0.1, 0.15) is 5.75 Å². The molecule has 0 aliphatic rings. The van der Waals surface area contributed by atoms with Crippen molar-refractivity contribution in [1.29, 1.82) is 0 Å². The molecule has 1 heterocycles. The van der Waals surface area contributed by atoms with Gasteiger partial charge in [-0.05, 0) is 18.2 Å². The highest BCUT2D eigenvalue weighted by molar-refractivity contribution is 5.78. The number of aliphatic hydroxyl groups excluding tert-OH is 1. The lowest BCUT2D eigenvalue weighted by atomic mass is 10.2. The van der Waals surface area contributed by atoms with E-state index in [0.29, 0.717) is 23.2 Å². The van der Waals surface area contributed by atoms with E-state index in [2.05, 4.69) is 4.98 Å². The average molecular weight is 229 g/mol. The van der Waals surface area contributed by atoms with Gasteiger partial charge in [-0.1, -0.05) is 18.2 Å². The molecule has 0 aliphatic heterocycles. The summed E-state index contributed by atoms with van der Waals surface area (Å²) in [5.41, 5.74) is 1.02. The first-order chi connectivity index (χ1) is 8.35. The number of hydrogen-bond acceptors (Lipinski definition) is 4. The molecule has 0 atom stereocenters. The Kier molecular flexibility index (Phi) is 3.47. The number of ether oxygens (including phenoxy) is 1. The maximum atomic E-state index is 10.8. The van der Waals surface area contributed by atoms with Crippen molar-refractivity contribution in [3.63, 3.8) is 0 Å². The normalized spacial score (nSPS) is 9.94. The van der Waals surface area contributed by atoms with E-state index in [-0.39, 0.29) is 12.5 Å². The number of aromatic nitrogens is 1. The molecule has 1 N–H and O–H groups in total. The summed E-state index contributed by atoms with van der Waals surface area (Å²) in [6.07, 6.45) is 2.23. The minimum Gasteiger partial charge on any atom is -0.438 e. The summed E-state index contributed by atoms with van der Waals surface area (Å²) >= 11 is 0. The van der Waals surface area contributed by atoms with Crippen LogP contribution in [0, 0.1) is 0 Å². The number of rotatable bonds is 4. The number of hydrogen-bond donors (Lipinski definition) is 1. The Morgan fingerprint density at radius 2 is 2.06 bits per heavy atom. The van der Waals surface area contributed by atoms with E-state index in [1.54, 1.807) is 42.6 Å². The van der Waals surface area contributed by atoms with E-state index >= 15 is 0 Å². The van der Waals surface area contributed by atoms with Gasteiger partial charge in [0.05, 0.1) is 12.2 Å². The van der Waals surface area contributed by atoms with E-state index in [1.807, 2.05) is 0 Å². The van der Waals surface area contributed by atoms with Crippen LogP contribution in [0.1, 0.15) is 15.9 Å². The van der Waals surface area contributed by atoms with Crippen LogP contribution in [-0.2, 0) is 6.61 Å². The zero-order valence-corrected chi connectivity index (χ0v) is 9.04. The topological polar surface area (TPSA) is 59.4 Å². The molecule has 86 valence electrons. The van der Waals surface area contributed by atoms with Crippen LogP contribution in [-0.4, -0.2) is 16.4 Å². The lowest BCUT2D eigenvalue weighted by molar-refractivity contribution is 0.112. The third-order valence-corrected chi connectivity index (χ3v) is 2.28. The third kappa shape index (κ3) is 2.49. The summed E-state index contributed by atoms with van der Waals surface area (Å²) in [7, 11) is 0. The summed E-state index contributed by atoms with van der Waals surface area (Å²) in [6.45, 7) is -0.126. The van der Waals surface area contributed by atoms with Crippen LogP contribution in [0.4, 0.5) is 0 Å². The van der Waals surface area contributed by atoms with Crippen molar-refractivity contribution in [2.24, 2.45) is 0 Å². The van der Waals surface area contributed by atoms with Crippen LogP contribution in [0.25, 0.3) is 0 Å². The van der Waals surface area contributed by atoms with Gasteiger partial charge in [0.25, 0.3) is 0 Å². The summed E-state index contributed by atoms with van der Waals surface area (Å²) in [5, 5.41) is 9.15. The fraction of sp³-hybridized carbons (Fsp3) is 0.0769. The lowest BCUT2D eigenvalue weighted by Crippen LogP contribution is -1.96. The molecule has 4 nitrogen and oxygen atoms in total. The van der Waals surface area contributed by atoms with E-state index in [4.69, 9.17) is 9.84 Å². The van der Waals surface area contributed by atoms with Crippen LogP contribution in [0.3, 0.4) is 0 Å². The molecule has 0 spiro atoms. The average Bonchev–Trinajstić information content (AvgIpc) is 2.40. The largest absolute Gasteiger partial charge is 0.438 e. The Bertz CT molecular complexity index is 526. The number of pyridine rings is 1. The molecule has 1 aromatic heterocycles. The summed E-state index contributed by atoms with van der Waals surface area (Å²) in [6, 6.07) is 10.3. The highest BCUT2D eigenvalue weighted by atomic mass is 16.5. The van der Waals surface area contributed by atoms with Gasteiger partial charge in [-0.25, -0.2) is 4.98 Å². The minimum atomic E-state index is -0.126. The Morgan fingerprint density at radius 1 is 1.24 bits per heavy atom. The van der Waals surface area contributed by atoms with Gasteiger partial charge in [-0.3, -0.25) is 4.79 Å². The number of carbonyl (C=O) groups is 1. The second-order valence-electron chi connectivity index (χ2n) is 3.38. The van der Waals surface area contributed by atoms with Crippen LogP contribution in [0.15, 0.2) is 42.6 Å². The SMILES string of the molecule is O=Cc1cccnc1Oc1ccccc1CO. The van der Waals surface area contributed by atoms with Crippen LogP contribution < -0.4 is 4.74 Å². The molecule has 0 fully saturated rings. The van der Waals surface area contributed by atoms with Crippen molar-refractivity contribution in [2.75, 3.05) is 0 Å². The van der Waals surface area contributed by atoms with Crippen LogP contribution in [0.5, 0.6) is 11.6 Å². The second kappa shape index (κ2) is 5.23. The third-order valence-electron chi connectivity index (χ3n) is 2.28. The van der Waals surface area contributed by atoms with E-state index in [0.717, 1.165) is 0 Å². The van der Waals surface area contributed by atoms with Gasteiger partial charge < -0.3 is 9.84 Å². The molecule has 0 amide bonds. The molecule has 0 saturated heterocycles. The summed E-state index contributed by atoms with van der Waals surface area (Å²) in [5.74, 6) is 0.736. The van der Waals surface area contributed by atoms with Crippen molar-refractivity contribution in [3.05, 3.63) is 53.7 Å². The molecule has 4 heteroatoms. The molecule has 1 aromatic carbocycles. The highest BCUT2D eigenvalue weighted by Gasteiger charge is 2.07. The Hall–Kier alpha value is -2.20. The zero-order chi connectivity index (χ0) is 12.1. The molecule has 2 rings (SSSR count). The summed E-state index contributed by atoms with van der Waals surface area (Å²) < 4.78 is 5.52.